The Morgan fingerprint density at radius 2 is 1.29 bits per heavy atom. The van der Waals surface area contributed by atoms with Gasteiger partial charge in [-0.15, -0.1) is 0 Å². The molecule has 102 valence electrons. The Kier molecular flexibility index (Phi) is 10.8. The predicted molar refractivity (Wildman–Crippen MR) is 85.0 cm³/mol. The topological polar surface area (TPSA) is 109 Å². The van der Waals surface area contributed by atoms with E-state index < -0.39 is 30.0 Å². The molecular formula is C10H11Na3O6S2. The number of hydrogen-bond acceptors (Lipinski definition) is 4. The second kappa shape index (κ2) is 9.12. The van der Waals surface area contributed by atoms with Crippen LogP contribution < -0.4 is 0 Å². The first-order chi connectivity index (χ1) is 8.19. The molecule has 0 unspecified atom stereocenters. The van der Waals surface area contributed by atoms with Crippen molar-refractivity contribution in [2.24, 2.45) is 0 Å². The van der Waals surface area contributed by atoms with Crippen LogP contribution in [-0.2, 0) is 20.2 Å². The van der Waals surface area contributed by atoms with E-state index in [1.165, 1.54) is 12.1 Å². The van der Waals surface area contributed by atoms with Crippen LogP contribution in [0.25, 0.3) is 10.8 Å². The van der Waals surface area contributed by atoms with Gasteiger partial charge in [0.2, 0.25) is 0 Å². The van der Waals surface area contributed by atoms with Gasteiger partial charge in [-0.3, -0.25) is 9.11 Å². The van der Waals surface area contributed by atoms with E-state index in [1.807, 2.05) is 0 Å². The zero-order valence-electron chi connectivity index (χ0n) is 8.81. The fourth-order valence-electron chi connectivity index (χ4n) is 1.61. The first kappa shape index (κ1) is 24.8. The van der Waals surface area contributed by atoms with E-state index in [2.05, 4.69) is 0 Å². The Hall–Kier alpha value is 1.52. The van der Waals surface area contributed by atoms with Crippen molar-refractivity contribution in [1.82, 2.24) is 0 Å². The summed E-state index contributed by atoms with van der Waals surface area (Å²) >= 11 is 0. The van der Waals surface area contributed by atoms with Crippen molar-refractivity contribution in [3.63, 3.8) is 0 Å². The van der Waals surface area contributed by atoms with E-state index >= 15 is 0 Å². The third kappa shape index (κ3) is 6.15. The molecule has 0 saturated carbocycles. The Balaban J connectivity index is 0. The second-order valence-electron chi connectivity index (χ2n) is 3.59. The van der Waals surface area contributed by atoms with Crippen LogP contribution in [0.1, 0.15) is 0 Å². The number of fused-ring (bicyclic) bond motifs is 1. The van der Waals surface area contributed by atoms with Crippen LogP contribution in [-0.4, -0.2) is 115 Å². The van der Waals surface area contributed by atoms with E-state index in [1.54, 1.807) is 12.1 Å². The minimum atomic E-state index is -4.59. The van der Waals surface area contributed by atoms with Gasteiger partial charge < -0.3 is 0 Å². The molecule has 0 aliphatic heterocycles. The monoisotopic (exact) mass is 360 g/mol. The molecule has 2 rings (SSSR count). The summed E-state index contributed by atoms with van der Waals surface area (Å²) in [5, 5.41) is 0.452. The van der Waals surface area contributed by atoms with Gasteiger partial charge in [-0.1, -0.05) is 24.3 Å². The molecule has 0 heterocycles. The van der Waals surface area contributed by atoms with E-state index in [-0.39, 0.29) is 99.4 Å². The van der Waals surface area contributed by atoms with E-state index in [0.29, 0.717) is 6.07 Å². The molecule has 2 aromatic rings. The van der Waals surface area contributed by atoms with Crippen molar-refractivity contribution in [1.29, 1.82) is 0 Å². The summed E-state index contributed by atoms with van der Waals surface area (Å²) in [7, 11) is -9.14. The zero-order valence-corrected chi connectivity index (χ0v) is 10.4. The Morgan fingerprint density at radius 3 is 1.76 bits per heavy atom. The van der Waals surface area contributed by atoms with Crippen LogP contribution >= 0.6 is 0 Å². The molecule has 0 spiro atoms. The van der Waals surface area contributed by atoms with Gasteiger partial charge in [0.25, 0.3) is 20.2 Å². The molecule has 0 atom stereocenters. The molecule has 11 heteroatoms. The average Bonchev–Trinajstić information content (AvgIpc) is 2.25. The average molecular weight is 360 g/mol. The molecule has 2 aromatic carbocycles. The summed E-state index contributed by atoms with van der Waals surface area (Å²) in [4.78, 5) is -1.15. The molecule has 0 bridgehead atoms. The third-order valence-electron chi connectivity index (χ3n) is 2.37. The Bertz CT molecular complexity index is 833. The first-order valence-corrected chi connectivity index (χ1v) is 7.55. The standard InChI is InChI=1S/C10H8O6S2.3Na.3H/c11-17(12,13)8-5-7-3-1-2-4-9(7)10(6-8)18(14,15)16;;;;;;/h1-6H,(H,11,12,13)(H,14,15,16);;;;;;. The van der Waals surface area contributed by atoms with Crippen molar-refractivity contribution < 1.29 is 25.9 Å². The number of hydrogen-bond donors (Lipinski definition) is 2. The van der Waals surface area contributed by atoms with Crippen LogP contribution in [0.5, 0.6) is 0 Å². The molecule has 0 fully saturated rings. The molecule has 0 radical (unpaired) electrons. The number of rotatable bonds is 2. The van der Waals surface area contributed by atoms with Crippen molar-refractivity contribution in [3.05, 3.63) is 36.4 Å². The van der Waals surface area contributed by atoms with Gasteiger partial charge in [0.1, 0.15) is 4.90 Å². The molecule has 2 N–H and O–H groups in total. The fourth-order valence-corrected chi connectivity index (χ4v) is 2.97. The normalized spacial score (nSPS) is 11.0. The number of benzene rings is 2. The van der Waals surface area contributed by atoms with Gasteiger partial charge >= 0.3 is 88.7 Å². The fraction of sp³-hybridized carbons (Fsp3) is 0. The van der Waals surface area contributed by atoms with Crippen molar-refractivity contribution in [3.8, 4) is 0 Å². The zero-order chi connectivity index (χ0) is 13.6. The molecule has 0 amide bonds. The van der Waals surface area contributed by atoms with Gasteiger partial charge in [-0.05, 0) is 17.5 Å². The summed E-state index contributed by atoms with van der Waals surface area (Å²) in [6.45, 7) is 0. The molecule has 0 aromatic heterocycles. The van der Waals surface area contributed by atoms with Gasteiger partial charge in [0.05, 0.1) is 4.90 Å². The van der Waals surface area contributed by atoms with Gasteiger partial charge in [0.15, 0.2) is 0 Å². The van der Waals surface area contributed by atoms with E-state index in [4.69, 9.17) is 9.11 Å². The predicted octanol–water partition coefficient (Wildman–Crippen LogP) is -0.612. The van der Waals surface area contributed by atoms with Crippen molar-refractivity contribution in [2.45, 2.75) is 9.79 Å². The van der Waals surface area contributed by atoms with Crippen molar-refractivity contribution in [2.75, 3.05) is 0 Å². The summed E-state index contributed by atoms with van der Waals surface area (Å²) in [6, 6.07) is 7.85. The molecule has 0 aliphatic rings. The molecule has 0 aliphatic carbocycles. The van der Waals surface area contributed by atoms with Crippen LogP contribution in [0.2, 0.25) is 0 Å². The van der Waals surface area contributed by atoms with Crippen LogP contribution in [0, 0.1) is 0 Å². The molecular weight excluding hydrogens is 349 g/mol. The van der Waals surface area contributed by atoms with Crippen molar-refractivity contribution >= 4 is 120 Å². The van der Waals surface area contributed by atoms with E-state index in [9.17, 15) is 16.8 Å². The van der Waals surface area contributed by atoms with Crippen LogP contribution in [0.15, 0.2) is 46.2 Å². The third-order valence-corrected chi connectivity index (χ3v) is 4.10. The quantitative estimate of drug-likeness (QED) is 0.546. The van der Waals surface area contributed by atoms with Crippen LogP contribution in [0.4, 0.5) is 0 Å². The molecule has 21 heavy (non-hydrogen) atoms. The first-order valence-electron chi connectivity index (χ1n) is 4.67. The molecule has 6 nitrogen and oxygen atoms in total. The summed E-state index contributed by atoms with van der Waals surface area (Å²) in [5.41, 5.74) is 0. The van der Waals surface area contributed by atoms with Gasteiger partial charge in [-0.25, -0.2) is 0 Å². The Morgan fingerprint density at radius 1 is 0.762 bits per heavy atom. The maximum atomic E-state index is 11.2. The van der Waals surface area contributed by atoms with Crippen LogP contribution in [0.3, 0.4) is 0 Å². The summed E-state index contributed by atoms with van der Waals surface area (Å²) in [5.74, 6) is 0. The summed E-state index contributed by atoms with van der Waals surface area (Å²) in [6.07, 6.45) is 0. The summed E-state index contributed by atoms with van der Waals surface area (Å²) < 4.78 is 62.5. The van der Waals surface area contributed by atoms with Gasteiger partial charge in [-0.2, -0.15) is 16.8 Å². The van der Waals surface area contributed by atoms with Gasteiger partial charge in [0, 0.05) is 5.39 Å². The minimum absolute atomic E-state index is 0. The maximum absolute atomic E-state index is 11.2. The SMILES string of the molecule is O=S(=O)(O)c1cc(S(=O)(=O)O)c2ccccc2c1.[NaH].[NaH].[NaH]. The second-order valence-corrected chi connectivity index (χ2v) is 6.40. The molecule has 0 saturated heterocycles. The Labute approximate surface area is 189 Å². The van der Waals surface area contributed by atoms with E-state index in [0.717, 1.165) is 6.07 Å².